The Morgan fingerprint density at radius 3 is 2.29 bits per heavy atom. The van der Waals surface area contributed by atoms with Crippen LogP contribution >= 0.6 is 24.0 Å². The van der Waals surface area contributed by atoms with Gasteiger partial charge in [-0.2, -0.15) is 13.2 Å². The number of hydrogen-bond acceptors (Lipinski definition) is 3. The standard InChI is InChI=1S/C18H32F3N5O.HI/c1-14(18(19,20)21)25-10-12-26(13-11-25)17(22-2)23-9-8-16(27)24-15-6-4-3-5-7-15;/h14-15H,3-13H2,1-2H3,(H,22,23)(H,24,27);1H. The second kappa shape index (κ2) is 12.0. The highest BCUT2D eigenvalue weighted by atomic mass is 127. The van der Waals surface area contributed by atoms with Gasteiger partial charge >= 0.3 is 6.18 Å². The third kappa shape index (κ3) is 7.92. The average molecular weight is 519 g/mol. The zero-order valence-corrected chi connectivity index (χ0v) is 19.1. The molecule has 2 fully saturated rings. The van der Waals surface area contributed by atoms with Crippen LogP contribution < -0.4 is 10.6 Å². The van der Waals surface area contributed by atoms with Crippen LogP contribution in [0.5, 0.6) is 0 Å². The molecule has 2 N–H and O–H groups in total. The van der Waals surface area contributed by atoms with Crippen LogP contribution in [0, 0.1) is 0 Å². The number of amides is 1. The van der Waals surface area contributed by atoms with Crippen LogP contribution in [-0.4, -0.2) is 79.7 Å². The van der Waals surface area contributed by atoms with Gasteiger partial charge in [-0.25, -0.2) is 0 Å². The predicted molar refractivity (Wildman–Crippen MR) is 115 cm³/mol. The van der Waals surface area contributed by atoms with E-state index >= 15 is 0 Å². The van der Waals surface area contributed by atoms with E-state index in [1.165, 1.54) is 31.1 Å². The SMILES string of the molecule is CN=C(NCCC(=O)NC1CCCCC1)N1CCN(C(C)C(F)(F)F)CC1.I. The number of halogens is 4. The minimum atomic E-state index is -4.20. The average Bonchev–Trinajstić information content (AvgIpc) is 2.65. The Morgan fingerprint density at radius 1 is 1.14 bits per heavy atom. The van der Waals surface area contributed by atoms with E-state index in [9.17, 15) is 18.0 Å². The van der Waals surface area contributed by atoms with Gasteiger partial charge in [0.2, 0.25) is 5.91 Å². The first kappa shape index (κ1) is 25.3. The summed E-state index contributed by atoms with van der Waals surface area (Å²) < 4.78 is 38.5. The zero-order valence-electron chi connectivity index (χ0n) is 16.7. The quantitative estimate of drug-likeness (QED) is 0.333. The molecule has 2 aliphatic rings. The fraction of sp³-hybridized carbons (Fsp3) is 0.889. The molecular formula is C18H33F3IN5O. The van der Waals surface area contributed by atoms with E-state index in [0.717, 1.165) is 12.8 Å². The first-order chi connectivity index (χ1) is 12.8. The molecule has 0 aromatic carbocycles. The molecule has 0 bridgehead atoms. The number of nitrogens with zero attached hydrogens (tertiary/aromatic N) is 3. The van der Waals surface area contributed by atoms with E-state index in [0.29, 0.717) is 51.1 Å². The van der Waals surface area contributed by atoms with E-state index in [2.05, 4.69) is 15.6 Å². The largest absolute Gasteiger partial charge is 0.403 e. The van der Waals surface area contributed by atoms with Gasteiger partial charge in [-0.15, -0.1) is 24.0 Å². The van der Waals surface area contributed by atoms with Crippen LogP contribution in [-0.2, 0) is 4.79 Å². The first-order valence-electron chi connectivity index (χ1n) is 9.87. The molecule has 164 valence electrons. The second-order valence-corrected chi connectivity index (χ2v) is 7.37. The zero-order chi connectivity index (χ0) is 19.9. The Bertz CT molecular complexity index is 504. The third-order valence-corrected chi connectivity index (χ3v) is 5.45. The van der Waals surface area contributed by atoms with Gasteiger partial charge in [0.15, 0.2) is 5.96 Å². The molecule has 6 nitrogen and oxygen atoms in total. The molecule has 0 spiro atoms. The molecule has 0 aromatic rings. The van der Waals surface area contributed by atoms with Crippen LogP contribution in [0.3, 0.4) is 0 Å². The van der Waals surface area contributed by atoms with Gasteiger partial charge in [0, 0.05) is 52.2 Å². The van der Waals surface area contributed by atoms with Gasteiger partial charge in [0.25, 0.3) is 0 Å². The van der Waals surface area contributed by atoms with Crippen LogP contribution in [0.2, 0.25) is 0 Å². The summed E-state index contributed by atoms with van der Waals surface area (Å²) in [6.07, 6.45) is 1.88. The van der Waals surface area contributed by atoms with Gasteiger partial charge in [0.1, 0.15) is 6.04 Å². The van der Waals surface area contributed by atoms with Crippen molar-refractivity contribution in [3.8, 4) is 0 Å². The maximum absolute atomic E-state index is 12.8. The van der Waals surface area contributed by atoms with Crippen molar-refractivity contribution in [3.05, 3.63) is 0 Å². The van der Waals surface area contributed by atoms with Crippen LogP contribution in [0.25, 0.3) is 0 Å². The Labute approximate surface area is 182 Å². The molecule has 1 saturated heterocycles. The lowest BCUT2D eigenvalue weighted by Gasteiger charge is -2.39. The molecule has 1 heterocycles. The van der Waals surface area contributed by atoms with E-state index in [1.807, 2.05) is 4.90 Å². The molecule has 10 heteroatoms. The summed E-state index contributed by atoms with van der Waals surface area (Å²) in [6.45, 7) is 3.30. The van der Waals surface area contributed by atoms with Gasteiger partial charge in [-0.3, -0.25) is 14.7 Å². The highest BCUT2D eigenvalue weighted by molar-refractivity contribution is 14.0. The number of guanidine groups is 1. The summed E-state index contributed by atoms with van der Waals surface area (Å²) in [5.41, 5.74) is 0. The minimum Gasteiger partial charge on any atom is -0.356 e. The second-order valence-electron chi connectivity index (χ2n) is 7.37. The van der Waals surface area contributed by atoms with E-state index < -0.39 is 12.2 Å². The smallest absolute Gasteiger partial charge is 0.356 e. The number of piperazine rings is 1. The number of carbonyl (C=O) groups excluding carboxylic acids is 1. The summed E-state index contributed by atoms with van der Waals surface area (Å²) in [5, 5.41) is 6.23. The monoisotopic (exact) mass is 519 g/mol. The fourth-order valence-electron chi connectivity index (χ4n) is 3.69. The van der Waals surface area contributed by atoms with Crippen LogP contribution in [0.1, 0.15) is 45.4 Å². The van der Waals surface area contributed by atoms with Gasteiger partial charge in [-0.1, -0.05) is 19.3 Å². The van der Waals surface area contributed by atoms with Gasteiger partial charge in [-0.05, 0) is 19.8 Å². The van der Waals surface area contributed by atoms with Gasteiger partial charge in [0.05, 0.1) is 0 Å². The first-order valence-corrected chi connectivity index (χ1v) is 9.87. The molecular weight excluding hydrogens is 486 g/mol. The number of hydrogen-bond donors (Lipinski definition) is 2. The molecule has 1 aliphatic heterocycles. The Morgan fingerprint density at radius 2 is 1.75 bits per heavy atom. The molecule has 0 radical (unpaired) electrons. The van der Waals surface area contributed by atoms with Crippen molar-refractivity contribution in [2.45, 2.75) is 63.7 Å². The van der Waals surface area contributed by atoms with Crippen molar-refractivity contribution < 1.29 is 18.0 Å². The molecule has 1 atom stereocenters. The summed E-state index contributed by atoms with van der Waals surface area (Å²) in [4.78, 5) is 19.6. The lowest BCUT2D eigenvalue weighted by atomic mass is 9.95. The number of carbonyl (C=O) groups is 1. The summed E-state index contributed by atoms with van der Waals surface area (Å²) in [5.74, 6) is 0.674. The molecule has 1 amide bonds. The van der Waals surface area contributed by atoms with Crippen LogP contribution in [0.4, 0.5) is 13.2 Å². The Hall–Kier alpha value is -0.780. The minimum absolute atomic E-state index is 0. The van der Waals surface area contributed by atoms with Crippen molar-refractivity contribution in [1.29, 1.82) is 0 Å². The van der Waals surface area contributed by atoms with Crippen molar-refractivity contribution >= 4 is 35.8 Å². The predicted octanol–water partition coefficient (Wildman–Crippen LogP) is 2.59. The Balaban J connectivity index is 0.00000392. The van der Waals surface area contributed by atoms with E-state index in [-0.39, 0.29) is 29.9 Å². The lowest BCUT2D eigenvalue weighted by molar-refractivity contribution is -0.181. The van der Waals surface area contributed by atoms with Crippen molar-refractivity contribution in [3.63, 3.8) is 0 Å². The highest BCUT2D eigenvalue weighted by Crippen LogP contribution is 2.25. The maximum Gasteiger partial charge on any atom is 0.403 e. The lowest BCUT2D eigenvalue weighted by Crippen LogP contribution is -2.56. The number of alkyl halides is 3. The van der Waals surface area contributed by atoms with Crippen LogP contribution in [0.15, 0.2) is 4.99 Å². The summed E-state index contributed by atoms with van der Waals surface area (Å²) >= 11 is 0. The van der Waals surface area contributed by atoms with Crippen molar-refractivity contribution in [1.82, 2.24) is 20.4 Å². The molecule has 28 heavy (non-hydrogen) atoms. The third-order valence-electron chi connectivity index (χ3n) is 5.45. The Kier molecular flexibility index (Phi) is 10.9. The molecule has 0 aromatic heterocycles. The summed E-state index contributed by atoms with van der Waals surface area (Å²) in [6, 6.07) is -1.13. The van der Waals surface area contributed by atoms with E-state index in [4.69, 9.17) is 0 Å². The highest BCUT2D eigenvalue weighted by Gasteiger charge is 2.41. The molecule has 1 aliphatic carbocycles. The fourth-order valence-corrected chi connectivity index (χ4v) is 3.69. The van der Waals surface area contributed by atoms with Crippen molar-refractivity contribution in [2.75, 3.05) is 39.8 Å². The van der Waals surface area contributed by atoms with Crippen molar-refractivity contribution in [2.24, 2.45) is 4.99 Å². The molecule has 1 unspecified atom stereocenters. The van der Waals surface area contributed by atoms with Gasteiger partial charge < -0.3 is 15.5 Å². The number of rotatable bonds is 5. The number of aliphatic imine (C=N–C) groups is 1. The molecule has 2 rings (SSSR count). The summed E-state index contributed by atoms with van der Waals surface area (Å²) in [7, 11) is 1.65. The topological polar surface area (TPSA) is 60.0 Å². The molecule has 1 saturated carbocycles. The maximum atomic E-state index is 12.8. The normalized spacial score (nSPS) is 21.0. The number of nitrogens with one attached hydrogen (secondary N) is 2. The van der Waals surface area contributed by atoms with E-state index in [1.54, 1.807) is 7.05 Å².